The molecule has 2 bridgehead atoms. The van der Waals surface area contributed by atoms with Gasteiger partial charge in [0, 0.05) is 66.8 Å². The van der Waals surface area contributed by atoms with Crippen molar-refractivity contribution in [1.82, 2.24) is 19.9 Å². The van der Waals surface area contributed by atoms with Crippen LogP contribution in [0.3, 0.4) is 0 Å². The molecule has 326 valence electrons. The molecule has 70 heavy (non-hydrogen) atoms. The first-order valence-corrected chi connectivity index (χ1v) is 23.7. The molecule has 0 aliphatic heterocycles. The van der Waals surface area contributed by atoms with Crippen molar-refractivity contribution in [1.29, 1.82) is 0 Å². The van der Waals surface area contributed by atoms with Crippen LogP contribution < -0.4 is 0 Å². The molecule has 3 aliphatic rings. The van der Waals surface area contributed by atoms with Crippen molar-refractivity contribution in [2.45, 2.75) is 11.8 Å². The molecule has 0 fully saturated rings. The molecule has 6 heteroatoms. The third kappa shape index (κ3) is 6.06. The van der Waals surface area contributed by atoms with Gasteiger partial charge in [0.05, 0.1) is 22.8 Å². The van der Waals surface area contributed by atoms with Gasteiger partial charge in [0.15, 0.2) is 11.6 Å². The summed E-state index contributed by atoms with van der Waals surface area (Å²) in [6, 6.07) is 76.8. The molecule has 0 N–H and O–H groups in total. The lowest BCUT2D eigenvalue weighted by Gasteiger charge is -2.42. The van der Waals surface area contributed by atoms with Crippen LogP contribution in [0.15, 0.2) is 227 Å². The van der Waals surface area contributed by atoms with E-state index in [0.717, 1.165) is 100 Å². The second kappa shape index (κ2) is 15.1. The molecule has 6 nitrogen and oxygen atoms in total. The lowest BCUT2D eigenvalue weighted by Crippen LogP contribution is -2.27. The zero-order chi connectivity index (χ0) is 45.9. The third-order valence-corrected chi connectivity index (χ3v) is 14.5. The number of furan rings is 2. The van der Waals surface area contributed by atoms with Gasteiger partial charge in [0.1, 0.15) is 22.3 Å². The van der Waals surface area contributed by atoms with Crippen molar-refractivity contribution in [3.8, 4) is 67.8 Å². The van der Waals surface area contributed by atoms with Crippen molar-refractivity contribution < 1.29 is 8.83 Å². The highest BCUT2D eigenvalue weighted by molar-refractivity contribution is 6.07. The molecule has 2 unspecified atom stereocenters. The van der Waals surface area contributed by atoms with E-state index in [2.05, 4.69) is 158 Å². The van der Waals surface area contributed by atoms with Crippen LogP contribution in [0.5, 0.6) is 0 Å². The SMILES string of the molecule is c1ccc(-c2nc(-c3ccc4c(c3)C3c5ccccc5C4c4cc(-c5cc(-c6ccc7c(c6)oc6ccccc67)nc(-c6ccccc6)n5)ccc43)cc(-c3ccc4c(c3)oc3ccccc34)n2)cc1. The standard InChI is InChI=1S/C64H38N4O2/c1-3-13-37(14-4-1)63-65-53(35-55(67-63)41-23-27-45-43-17-9-11-21-57(43)69-59(45)33-41)39-25-29-49-51(31-39)61-47-19-7-8-20-48(47)62(49)52-32-40(26-30-50(52)61)54-36-56(68-64(66-54)38-15-5-2-6-16-38)42-24-28-46-44-18-10-12-22-58(44)70-60(46)34-42/h1-36,61-62H. The fourth-order valence-corrected chi connectivity index (χ4v) is 11.2. The minimum atomic E-state index is 0.0435. The monoisotopic (exact) mass is 894 g/mol. The summed E-state index contributed by atoms with van der Waals surface area (Å²) in [7, 11) is 0. The van der Waals surface area contributed by atoms with Crippen molar-refractivity contribution in [3.63, 3.8) is 0 Å². The molecule has 3 aliphatic carbocycles. The van der Waals surface area contributed by atoms with Crippen LogP contribution in [0.2, 0.25) is 0 Å². The Morgan fingerprint density at radius 2 is 0.586 bits per heavy atom. The number of fused-ring (bicyclic) bond motifs is 6. The summed E-state index contributed by atoms with van der Waals surface area (Å²) >= 11 is 0. The molecular weight excluding hydrogens is 857 g/mol. The van der Waals surface area contributed by atoms with Crippen LogP contribution >= 0.6 is 0 Å². The van der Waals surface area contributed by atoms with E-state index in [1.165, 1.54) is 33.4 Å². The minimum Gasteiger partial charge on any atom is -0.456 e. The average molecular weight is 895 g/mol. The Balaban J connectivity index is 0.851. The summed E-state index contributed by atoms with van der Waals surface area (Å²) in [5, 5.41) is 4.39. The topological polar surface area (TPSA) is 77.8 Å². The van der Waals surface area contributed by atoms with Gasteiger partial charge in [-0.25, -0.2) is 19.9 Å². The minimum absolute atomic E-state index is 0.0435. The molecule has 4 heterocycles. The Hall–Kier alpha value is -9.26. The predicted octanol–water partition coefficient (Wildman–Crippen LogP) is 16.1. The van der Waals surface area contributed by atoms with Gasteiger partial charge in [-0.1, -0.05) is 158 Å². The van der Waals surface area contributed by atoms with E-state index < -0.39 is 0 Å². The summed E-state index contributed by atoms with van der Waals surface area (Å²) in [5.74, 6) is 1.45. The number of rotatable bonds is 6. The van der Waals surface area contributed by atoms with Gasteiger partial charge in [-0.15, -0.1) is 0 Å². The lowest BCUT2D eigenvalue weighted by molar-refractivity contribution is 0.668. The summed E-state index contributed by atoms with van der Waals surface area (Å²) in [5.41, 5.74) is 20.8. The molecular formula is C64H38N4O2. The van der Waals surface area contributed by atoms with E-state index in [1.54, 1.807) is 0 Å². The number of nitrogens with zero attached hydrogens (tertiary/aromatic N) is 4. The van der Waals surface area contributed by atoms with Gasteiger partial charge >= 0.3 is 0 Å². The Bertz CT molecular complexity index is 3990. The van der Waals surface area contributed by atoms with Crippen molar-refractivity contribution in [2.75, 3.05) is 0 Å². The van der Waals surface area contributed by atoms with E-state index in [-0.39, 0.29) is 11.8 Å². The smallest absolute Gasteiger partial charge is 0.160 e. The van der Waals surface area contributed by atoms with E-state index in [1.807, 2.05) is 60.7 Å². The van der Waals surface area contributed by atoms with E-state index in [9.17, 15) is 0 Å². The molecule has 0 saturated heterocycles. The second-order valence-corrected chi connectivity index (χ2v) is 18.5. The summed E-state index contributed by atoms with van der Waals surface area (Å²) in [6.45, 7) is 0. The fourth-order valence-electron chi connectivity index (χ4n) is 11.2. The summed E-state index contributed by atoms with van der Waals surface area (Å²) < 4.78 is 12.7. The Morgan fingerprint density at radius 1 is 0.243 bits per heavy atom. The molecule has 16 rings (SSSR count). The molecule has 0 radical (unpaired) electrons. The number of hydrogen-bond donors (Lipinski definition) is 0. The second-order valence-electron chi connectivity index (χ2n) is 18.5. The van der Waals surface area contributed by atoms with Crippen molar-refractivity contribution in [3.05, 3.63) is 252 Å². The first-order chi connectivity index (χ1) is 34.6. The number of aromatic nitrogens is 4. The average Bonchev–Trinajstić information content (AvgIpc) is 4.00. The van der Waals surface area contributed by atoms with Gasteiger partial charge in [-0.2, -0.15) is 0 Å². The van der Waals surface area contributed by atoms with E-state index in [0.29, 0.717) is 11.6 Å². The van der Waals surface area contributed by atoms with Gasteiger partial charge in [-0.05, 0) is 94.0 Å². The Labute approximate surface area is 402 Å². The van der Waals surface area contributed by atoms with Crippen molar-refractivity contribution in [2.24, 2.45) is 0 Å². The maximum Gasteiger partial charge on any atom is 0.160 e. The summed E-state index contributed by atoms with van der Waals surface area (Å²) in [4.78, 5) is 20.9. The highest BCUT2D eigenvalue weighted by Gasteiger charge is 2.41. The zero-order valence-electron chi connectivity index (χ0n) is 37.5. The van der Waals surface area contributed by atoms with Gasteiger partial charge in [-0.3, -0.25) is 0 Å². The van der Waals surface area contributed by atoms with Crippen LogP contribution in [-0.2, 0) is 0 Å². The first-order valence-electron chi connectivity index (χ1n) is 23.7. The van der Waals surface area contributed by atoms with Gasteiger partial charge in [0.2, 0.25) is 0 Å². The van der Waals surface area contributed by atoms with E-state index in [4.69, 9.17) is 28.8 Å². The van der Waals surface area contributed by atoms with Gasteiger partial charge < -0.3 is 8.83 Å². The summed E-state index contributed by atoms with van der Waals surface area (Å²) in [6.07, 6.45) is 0. The molecule has 13 aromatic rings. The molecule has 0 spiro atoms. The Kier molecular flexibility index (Phi) is 8.38. The zero-order valence-corrected chi connectivity index (χ0v) is 37.5. The fraction of sp³-hybridized carbons (Fsp3) is 0.0312. The van der Waals surface area contributed by atoms with E-state index >= 15 is 0 Å². The van der Waals surface area contributed by atoms with Crippen LogP contribution in [-0.4, -0.2) is 19.9 Å². The quantitative estimate of drug-likeness (QED) is 0.165. The highest BCUT2D eigenvalue weighted by Crippen LogP contribution is 2.57. The number of benzene rings is 9. The van der Waals surface area contributed by atoms with Gasteiger partial charge in [0.25, 0.3) is 0 Å². The van der Waals surface area contributed by atoms with Crippen LogP contribution in [0.25, 0.3) is 112 Å². The van der Waals surface area contributed by atoms with Crippen molar-refractivity contribution >= 4 is 43.9 Å². The third-order valence-electron chi connectivity index (χ3n) is 14.5. The number of para-hydroxylation sites is 2. The Morgan fingerprint density at radius 3 is 1.03 bits per heavy atom. The maximum atomic E-state index is 6.34. The molecule has 4 aromatic heterocycles. The number of hydrogen-bond acceptors (Lipinski definition) is 6. The van der Waals surface area contributed by atoms with Crippen LogP contribution in [0, 0.1) is 0 Å². The molecule has 9 aromatic carbocycles. The first kappa shape index (κ1) is 38.8. The predicted molar refractivity (Wildman–Crippen MR) is 280 cm³/mol. The largest absolute Gasteiger partial charge is 0.456 e. The normalized spacial score (nSPS) is 14.6. The molecule has 0 amide bonds. The lowest BCUT2D eigenvalue weighted by atomic mass is 9.60. The maximum absolute atomic E-state index is 6.34. The molecule has 2 atom stereocenters. The van der Waals surface area contributed by atoms with Crippen LogP contribution in [0.4, 0.5) is 0 Å². The molecule has 0 saturated carbocycles. The highest BCUT2D eigenvalue weighted by atomic mass is 16.3. The van der Waals surface area contributed by atoms with Crippen LogP contribution in [0.1, 0.15) is 45.2 Å².